The van der Waals surface area contributed by atoms with Crippen LogP contribution in [0.4, 0.5) is 4.79 Å². The normalized spacial score (nSPS) is 19.1. The van der Waals surface area contributed by atoms with Gasteiger partial charge in [0, 0.05) is 51.5 Å². The van der Waals surface area contributed by atoms with Crippen molar-refractivity contribution >= 4 is 35.2 Å². The van der Waals surface area contributed by atoms with E-state index in [1.54, 1.807) is 36.1 Å². The van der Waals surface area contributed by atoms with Gasteiger partial charge in [0.05, 0.1) is 28.3 Å². The Bertz CT molecular complexity index is 1160. The zero-order valence-electron chi connectivity index (χ0n) is 21.0. The molecule has 1 N–H and O–H groups in total. The summed E-state index contributed by atoms with van der Waals surface area (Å²) in [6, 6.07) is 14.5. The van der Waals surface area contributed by atoms with Crippen LogP contribution in [0.3, 0.4) is 0 Å². The number of ether oxygens (including phenoxy) is 1. The number of hydrogen-bond donors (Lipinski definition) is 1. The molecule has 1 saturated heterocycles. The lowest BCUT2D eigenvalue weighted by molar-refractivity contribution is -0.139. The number of rotatable bonds is 9. The van der Waals surface area contributed by atoms with Gasteiger partial charge in [-0.3, -0.25) is 14.7 Å². The van der Waals surface area contributed by atoms with Crippen LogP contribution in [0.2, 0.25) is 10.0 Å². The van der Waals surface area contributed by atoms with E-state index in [0.717, 1.165) is 32.7 Å². The highest BCUT2D eigenvalue weighted by Gasteiger charge is 2.38. The zero-order chi connectivity index (χ0) is 26.4. The summed E-state index contributed by atoms with van der Waals surface area (Å²) in [7, 11) is 0. The smallest absolute Gasteiger partial charge is 0.338 e. The van der Waals surface area contributed by atoms with Crippen molar-refractivity contribution in [3.63, 3.8) is 0 Å². The molecule has 2 aliphatic heterocycles. The first-order valence-electron chi connectivity index (χ1n) is 12.4. The molecule has 1 atom stereocenters. The summed E-state index contributed by atoms with van der Waals surface area (Å²) in [4.78, 5) is 32.8. The number of piperazine rings is 1. The highest BCUT2D eigenvalue weighted by Crippen LogP contribution is 2.35. The summed E-state index contributed by atoms with van der Waals surface area (Å²) in [5.74, 6) is -0.467. The predicted molar refractivity (Wildman–Crippen MR) is 146 cm³/mol. The van der Waals surface area contributed by atoms with Gasteiger partial charge in [-0.05, 0) is 30.2 Å². The number of carbonyl (C=O) groups is 2. The van der Waals surface area contributed by atoms with Gasteiger partial charge >= 0.3 is 12.0 Å². The average molecular weight is 543 g/mol. The molecular weight excluding hydrogens is 511 g/mol. The van der Waals surface area contributed by atoms with Crippen molar-refractivity contribution in [3.05, 3.63) is 93.6 Å². The second-order valence-electron chi connectivity index (χ2n) is 9.07. The summed E-state index contributed by atoms with van der Waals surface area (Å²) < 4.78 is 5.47. The van der Waals surface area contributed by atoms with Crippen molar-refractivity contribution in [1.82, 2.24) is 20.0 Å². The molecule has 1 fully saturated rings. The van der Waals surface area contributed by atoms with E-state index in [9.17, 15) is 9.59 Å². The molecule has 0 radical (unpaired) electrons. The molecule has 0 aliphatic carbocycles. The number of carbonyl (C=O) groups excluding carboxylic acids is 2. The van der Waals surface area contributed by atoms with Crippen LogP contribution >= 0.6 is 23.2 Å². The minimum Gasteiger partial charge on any atom is -0.463 e. The average Bonchev–Trinajstić information content (AvgIpc) is 2.89. The van der Waals surface area contributed by atoms with E-state index >= 15 is 0 Å². The van der Waals surface area contributed by atoms with Gasteiger partial charge in [-0.25, -0.2) is 9.59 Å². The second-order valence-corrected chi connectivity index (χ2v) is 9.89. The van der Waals surface area contributed by atoms with Crippen LogP contribution in [0.15, 0.2) is 72.5 Å². The van der Waals surface area contributed by atoms with Gasteiger partial charge in [0.15, 0.2) is 0 Å². The molecule has 2 heterocycles. The van der Waals surface area contributed by atoms with Crippen molar-refractivity contribution in [3.8, 4) is 0 Å². The molecule has 7 nitrogen and oxygen atoms in total. The molecule has 2 amide bonds. The molecular formula is C28H32Cl2N4O3. The fraction of sp³-hybridized carbons (Fsp3) is 0.357. The molecule has 0 bridgehead atoms. The molecule has 0 spiro atoms. The standard InChI is InChI=1S/C28H32Cl2N4O3/c1-3-12-34-24(19-33-15-13-32(14-16-33)18-20-8-6-5-7-9-20)25(27(35)37-4-2)26(31-28(34)36)21-10-11-22(29)23(30)17-21/h3,5-11,17,26H,1,4,12-16,18-19H2,2H3,(H,31,36). The summed E-state index contributed by atoms with van der Waals surface area (Å²) in [6.45, 7) is 10.8. The van der Waals surface area contributed by atoms with Crippen molar-refractivity contribution in [2.45, 2.75) is 19.5 Å². The fourth-order valence-electron chi connectivity index (χ4n) is 4.75. The molecule has 2 aromatic rings. The van der Waals surface area contributed by atoms with Crippen LogP contribution in [-0.4, -0.2) is 72.6 Å². The Hall–Kier alpha value is -2.84. The van der Waals surface area contributed by atoms with Gasteiger partial charge in [0.25, 0.3) is 0 Å². The number of nitrogens with zero attached hydrogens (tertiary/aromatic N) is 3. The Morgan fingerprint density at radius 3 is 2.35 bits per heavy atom. The lowest BCUT2D eigenvalue weighted by Gasteiger charge is -2.40. The highest BCUT2D eigenvalue weighted by atomic mass is 35.5. The molecule has 1 unspecified atom stereocenters. The fourth-order valence-corrected chi connectivity index (χ4v) is 5.05. The van der Waals surface area contributed by atoms with E-state index < -0.39 is 12.0 Å². The lowest BCUT2D eigenvalue weighted by Crippen LogP contribution is -2.53. The van der Waals surface area contributed by atoms with Crippen LogP contribution in [-0.2, 0) is 16.1 Å². The molecule has 9 heteroatoms. The third-order valence-corrected chi connectivity index (χ3v) is 7.35. The first kappa shape index (κ1) is 27.2. The zero-order valence-corrected chi connectivity index (χ0v) is 22.5. The predicted octanol–water partition coefficient (Wildman–Crippen LogP) is 4.88. The van der Waals surface area contributed by atoms with Crippen LogP contribution in [0.25, 0.3) is 0 Å². The van der Waals surface area contributed by atoms with Crippen molar-refractivity contribution in [2.24, 2.45) is 0 Å². The summed E-state index contributed by atoms with van der Waals surface area (Å²) in [5.41, 5.74) is 2.96. The first-order valence-corrected chi connectivity index (χ1v) is 13.2. The minimum atomic E-state index is -0.711. The number of halogens is 2. The van der Waals surface area contributed by atoms with Gasteiger partial charge < -0.3 is 10.1 Å². The second kappa shape index (κ2) is 12.6. The molecule has 0 aromatic heterocycles. The summed E-state index contributed by atoms with van der Waals surface area (Å²) in [5, 5.41) is 3.70. The SMILES string of the molecule is C=CCN1C(=O)NC(c2ccc(Cl)c(Cl)c2)C(C(=O)OCC)=C1CN1CCN(Cc2ccccc2)CC1. The maximum Gasteiger partial charge on any atom is 0.338 e. The van der Waals surface area contributed by atoms with Gasteiger partial charge in [-0.1, -0.05) is 65.7 Å². The van der Waals surface area contributed by atoms with Gasteiger partial charge in [-0.15, -0.1) is 6.58 Å². The highest BCUT2D eigenvalue weighted by molar-refractivity contribution is 6.42. The van der Waals surface area contributed by atoms with E-state index in [4.69, 9.17) is 27.9 Å². The van der Waals surface area contributed by atoms with Crippen molar-refractivity contribution in [2.75, 3.05) is 45.9 Å². The molecule has 4 rings (SSSR count). The maximum absolute atomic E-state index is 13.3. The third kappa shape index (κ3) is 6.54. The lowest BCUT2D eigenvalue weighted by atomic mass is 9.94. The van der Waals surface area contributed by atoms with E-state index in [1.165, 1.54) is 5.56 Å². The monoisotopic (exact) mass is 542 g/mol. The Labute approximate surface area is 228 Å². The summed E-state index contributed by atoms with van der Waals surface area (Å²) >= 11 is 12.4. The van der Waals surface area contributed by atoms with Gasteiger partial charge in [0.2, 0.25) is 0 Å². The van der Waals surface area contributed by atoms with Gasteiger partial charge in [-0.2, -0.15) is 0 Å². The Kier molecular flexibility index (Phi) is 9.27. The van der Waals surface area contributed by atoms with Gasteiger partial charge in [0.1, 0.15) is 0 Å². The molecule has 2 aliphatic rings. The van der Waals surface area contributed by atoms with E-state index in [2.05, 4.69) is 46.0 Å². The van der Waals surface area contributed by atoms with Crippen LogP contribution in [0.1, 0.15) is 24.1 Å². The number of amides is 2. The molecule has 0 saturated carbocycles. The van der Waals surface area contributed by atoms with E-state index in [0.29, 0.717) is 33.4 Å². The van der Waals surface area contributed by atoms with Crippen LogP contribution in [0, 0.1) is 0 Å². The van der Waals surface area contributed by atoms with E-state index in [1.807, 2.05) is 6.07 Å². The minimum absolute atomic E-state index is 0.220. The van der Waals surface area contributed by atoms with Crippen molar-refractivity contribution in [1.29, 1.82) is 0 Å². The number of esters is 1. The number of benzene rings is 2. The molecule has 2 aromatic carbocycles. The molecule has 37 heavy (non-hydrogen) atoms. The number of nitrogens with one attached hydrogen (secondary N) is 1. The van der Waals surface area contributed by atoms with Crippen molar-refractivity contribution < 1.29 is 14.3 Å². The number of urea groups is 1. The van der Waals surface area contributed by atoms with E-state index in [-0.39, 0.29) is 19.2 Å². The Morgan fingerprint density at radius 1 is 1.05 bits per heavy atom. The molecule has 196 valence electrons. The Morgan fingerprint density at radius 2 is 1.73 bits per heavy atom. The first-order chi connectivity index (χ1) is 17.9. The largest absolute Gasteiger partial charge is 0.463 e. The topological polar surface area (TPSA) is 65.1 Å². The van der Waals surface area contributed by atoms with Crippen LogP contribution in [0.5, 0.6) is 0 Å². The quantitative estimate of drug-likeness (QED) is 0.361. The maximum atomic E-state index is 13.3. The Balaban J connectivity index is 1.62. The van der Waals surface area contributed by atoms with Crippen LogP contribution < -0.4 is 5.32 Å². The number of hydrogen-bond acceptors (Lipinski definition) is 5. The third-order valence-electron chi connectivity index (χ3n) is 6.61. The summed E-state index contributed by atoms with van der Waals surface area (Å²) in [6.07, 6.45) is 1.65.